The fourth-order valence-corrected chi connectivity index (χ4v) is 3.64. The van der Waals surface area contributed by atoms with Crippen molar-refractivity contribution >= 4 is 5.91 Å². The lowest BCUT2D eigenvalue weighted by atomic mass is 10.0. The lowest BCUT2D eigenvalue weighted by molar-refractivity contribution is 0.0426. The minimum absolute atomic E-state index is 0.00206. The molecule has 6 heteroatoms. The third-order valence-corrected chi connectivity index (χ3v) is 5.13. The number of piperidine rings is 1. The van der Waals surface area contributed by atoms with E-state index in [0.717, 1.165) is 32.1 Å². The molecular weight excluding hydrogens is 270 g/mol. The quantitative estimate of drug-likeness (QED) is 0.854. The van der Waals surface area contributed by atoms with Gasteiger partial charge in [-0.2, -0.15) is 0 Å². The van der Waals surface area contributed by atoms with Crippen LogP contribution in [-0.2, 0) is 0 Å². The van der Waals surface area contributed by atoms with E-state index in [1.807, 2.05) is 0 Å². The number of nitrogens with zero attached hydrogens (tertiary/aromatic N) is 2. The van der Waals surface area contributed by atoms with Crippen molar-refractivity contribution in [2.45, 2.75) is 43.6 Å². The van der Waals surface area contributed by atoms with Crippen LogP contribution in [0.3, 0.4) is 0 Å². The first-order chi connectivity index (χ1) is 10.1. The van der Waals surface area contributed by atoms with E-state index in [9.17, 15) is 14.7 Å². The standard InChI is InChI=1S/C15H19N3O3/c19-8-15-7-10(15)2-1-5-18(15)14(21)11-6-12(20)17-13(16-11)9-3-4-9/h6,9-10,19H,1-5,7-8H2,(H,16,17,20)/t10-,15-/m1/s1. The van der Waals surface area contributed by atoms with Gasteiger partial charge in [0.25, 0.3) is 11.5 Å². The topological polar surface area (TPSA) is 86.3 Å². The number of aromatic amines is 1. The van der Waals surface area contributed by atoms with Crippen LogP contribution in [0, 0.1) is 5.92 Å². The molecule has 0 spiro atoms. The number of hydrogen-bond acceptors (Lipinski definition) is 4. The van der Waals surface area contributed by atoms with E-state index in [1.54, 1.807) is 4.90 Å². The molecule has 2 N–H and O–H groups in total. The Labute approximate surface area is 122 Å². The van der Waals surface area contributed by atoms with E-state index in [4.69, 9.17) is 0 Å². The monoisotopic (exact) mass is 289 g/mol. The van der Waals surface area contributed by atoms with Crippen LogP contribution in [0.15, 0.2) is 10.9 Å². The zero-order valence-corrected chi connectivity index (χ0v) is 11.8. The number of fused-ring (bicyclic) bond motifs is 1. The summed E-state index contributed by atoms with van der Waals surface area (Å²) in [5.74, 6) is 1.13. The summed E-state index contributed by atoms with van der Waals surface area (Å²) in [7, 11) is 0. The first-order valence-electron chi connectivity index (χ1n) is 7.68. The average molecular weight is 289 g/mol. The highest BCUT2D eigenvalue weighted by atomic mass is 16.3. The smallest absolute Gasteiger partial charge is 0.273 e. The van der Waals surface area contributed by atoms with E-state index in [2.05, 4.69) is 9.97 Å². The van der Waals surface area contributed by atoms with Crippen molar-refractivity contribution in [1.82, 2.24) is 14.9 Å². The first kappa shape index (κ1) is 13.0. The van der Waals surface area contributed by atoms with Gasteiger partial charge in [0.1, 0.15) is 11.5 Å². The van der Waals surface area contributed by atoms with Crippen LogP contribution in [0.1, 0.15) is 54.3 Å². The van der Waals surface area contributed by atoms with Crippen molar-refractivity contribution in [2.75, 3.05) is 13.2 Å². The minimum Gasteiger partial charge on any atom is -0.394 e. The van der Waals surface area contributed by atoms with Gasteiger partial charge in [-0.3, -0.25) is 9.59 Å². The second-order valence-electron chi connectivity index (χ2n) is 6.55. The molecule has 3 aliphatic rings. The van der Waals surface area contributed by atoms with E-state index >= 15 is 0 Å². The third-order valence-electron chi connectivity index (χ3n) is 5.13. The van der Waals surface area contributed by atoms with Gasteiger partial charge in [0.05, 0.1) is 12.1 Å². The molecular formula is C15H19N3O3. The first-order valence-corrected chi connectivity index (χ1v) is 7.68. The summed E-state index contributed by atoms with van der Waals surface area (Å²) in [5.41, 5.74) is -0.432. The molecule has 21 heavy (non-hydrogen) atoms. The van der Waals surface area contributed by atoms with Crippen LogP contribution < -0.4 is 5.56 Å². The molecule has 2 saturated carbocycles. The van der Waals surface area contributed by atoms with Gasteiger partial charge in [-0.15, -0.1) is 0 Å². The van der Waals surface area contributed by atoms with Crippen LogP contribution in [-0.4, -0.2) is 44.6 Å². The number of aromatic nitrogens is 2. The lowest BCUT2D eigenvalue weighted by Gasteiger charge is -2.35. The van der Waals surface area contributed by atoms with Crippen molar-refractivity contribution in [3.63, 3.8) is 0 Å². The maximum absolute atomic E-state index is 12.7. The maximum atomic E-state index is 12.7. The van der Waals surface area contributed by atoms with Gasteiger partial charge in [-0.25, -0.2) is 4.98 Å². The molecule has 2 heterocycles. The molecule has 4 rings (SSSR count). The Hall–Kier alpha value is -1.69. The molecule has 2 aliphatic carbocycles. The molecule has 1 aromatic heterocycles. The summed E-state index contributed by atoms with van der Waals surface area (Å²) in [6.07, 6.45) is 4.94. The number of amides is 1. The van der Waals surface area contributed by atoms with Gasteiger partial charge in [0.15, 0.2) is 0 Å². The minimum atomic E-state index is -0.390. The number of H-pyrrole nitrogens is 1. The van der Waals surface area contributed by atoms with E-state index in [1.165, 1.54) is 6.07 Å². The summed E-state index contributed by atoms with van der Waals surface area (Å²) in [4.78, 5) is 33.3. The number of hydrogen-bond donors (Lipinski definition) is 2. The maximum Gasteiger partial charge on any atom is 0.273 e. The highest BCUT2D eigenvalue weighted by Crippen LogP contribution is 2.54. The van der Waals surface area contributed by atoms with E-state index in [-0.39, 0.29) is 29.3 Å². The van der Waals surface area contributed by atoms with Gasteiger partial charge in [-0.1, -0.05) is 0 Å². The van der Waals surface area contributed by atoms with E-state index < -0.39 is 0 Å². The Bertz CT molecular complexity index is 652. The number of likely N-dealkylation sites (tertiary alicyclic amines) is 1. The Balaban J connectivity index is 1.66. The molecule has 1 amide bonds. The number of aliphatic hydroxyl groups excluding tert-OH is 1. The van der Waals surface area contributed by atoms with Crippen LogP contribution in [0.25, 0.3) is 0 Å². The summed E-state index contributed by atoms with van der Waals surface area (Å²) >= 11 is 0. The second kappa shape index (κ2) is 4.40. The lowest BCUT2D eigenvalue weighted by Crippen LogP contribution is -2.49. The second-order valence-corrected chi connectivity index (χ2v) is 6.55. The Morgan fingerprint density at radius 2 is 2.29 bits per heavy atom. The molecule has 112 valence electrons. The van der Waals surface area contributed by atoms with Gasteiger partial charge < -0.3 is 15.0 Å². The highest BCUT2D eigenvalue weighted by molar-refractivity contribution is 5.93. The van der Waals surface area contributed by atoms with Crippen LogP contribution in [0.4, 0.5) is 0 Å². The molecule has 1 aliphatic heterocycles. The number of carbonyl (C=O) groups is 1. The van der Waals surface area contributed by atoms with E-state index in [0.29, 0.717) is 24.2 Å². The number of carbonyl (C=O) groups excluding carboxylic acids is 1. The molecule has 0 bridgehead atoms. The zero-order chi connectivity index (χ0) is 14.6. The summed E-state index contributed by atoms with van der Waals surface area (Å²) in [5, 5.41) is 9.68. The summed E-state index contributed by atoms with van der Waals surface area (Å²) < 4.78 is 0. The largest absolute Gasteiger partial charge is 0.394 e. The van der Waals surface area contributed by atoms with Crippen molar-refractivity contribution in [1.29, 1.82) is 0 Å². The predicted molar refractivity (Wildman–Crippen MR) is 75.0 cm³/mol. The van der Waals surface area contributed by atoms with Crippen molar-refractivity contribution in [2.24, 2.45) is 5.92 Å². The number of rotatable bonds is 3. The van der Waals surface area contributed by atoms with Crippen LogP contribution in [0.5, 0.6) is 0 Å². The molecule has 3 fully saturated rings. The summed E-state index contributed by atoms with van der Waals surface area (Å²) in [6, 6.07) is 1.28. The molecule has 0 unspecified atom stereocenters. The zero-order valence-electron chi connectivity index (χ0n) is 11.8. The van der Waals surface area contributed by atoms with Crippen molar-refractivity contribution < 1.29 is 9.90 Å². The molecule has 0 aromatic carbocycles. The van der Waals surface area contributed by atoms with Crippen LogP contribution >= 0.6 is 0 Å². The number of aliphatic hydroxyl groups is 1. The third kappa shape index (κ3) is 2.00. The van der Waals surface area contributed by atoms with Crippen molar-refractivity contribution in [3.05, 3.63) is 27.9 Å². The predicted octanol–water partition coefficient (Wildman–Crippen LogP) is 0.634. The van der Waals surface area contributed by atoms with Crippen molar-refractivity contribution in [3.8, 4) is 0 Å². The SMILES string of the molecule is O=C(c1cc(=O)[nH]c(C2CC2)n1)N1CCC[C@@H]2C[C@@]21CO. The molecule has 2 atom stereocenters. The average Bonchev–Trinajstić information content (AvgIpc) is 3.38. The molecule has 1 saturated heterocycles. The number of nitrogens with one attached hydrogen (secondary N) is 1. The van der Waals surface area contributed by atoms with Gasteiger partial charge in [-0.05, 0) is 38.0 Å². The fraction of sp³-hybridized carbons (Fsp3) is 0.667. The normalized spacial score (nSPS) is 30.9. The Morgan fingerprint density at radius 3 is 3.00 bits per heavy atom. The van der Waals surface area contributed by atoms with Gasteiger partial charge >= 0.3 is 0 Å². The Morgan fingerprint density at radius 1 is 1.48 bits per heavy atom. The van der Waals surface area contributed by atoms with Gasteiger partial charge in [0.2, 0.25) is 0 Å². The molecule has 6 nitrogen and oxygen atoms in total. The molecule has 1 aromatic rings. The van der Waals surface area contributed by atoms with Gasteiger partial charge in [0, 0.05) is 18.5 Å². The fourth-order valence-electron chi connectivity index (χ4n) is 3.64. The summed E-state index contributed by atoms with van der Waals surface area (Å²) in [6.45, 7) is 0.644. The molecule has 0 radical (unpaired) electrons. The Kier molecular flexibility index (Phi) is 2.73. The van der Waals surface area contributed by atoms with Crippen LogP contribution in [0.2, 0.25) is 0 Å². The highest BCUT2D eigenvalue weighted by Gasteiger charge is 2.60.